The number of methoxy groups -OCH3 is 1. The first-order valence-electron chi connectivity index (χ1n) is 6.74. The van der Waals surface area contributed by atoms with Crippen molar-refractivity contribution in [1.29, 1.82) is 0 Å². The molecule has 1 fully saturated rings. The lowest BCUT2D eigenvalue weighted by Crippen LogP contribution is -2.47. The third-order valence-corrected chi connectivity index (χ3v) is 3.62. The molecule has 0 spiro atoms. The van der Waals surface area contributed by atoms with E-state index in [1.165, 1.54) is 7.11 Å². The number of anilines is 1. The lowest BCUT2D eigenvalue weighted by Gasteiger charge is -2.31. The van der Waals surface area contributed by atoms with E-state index in [1.54, 1.807) is 29.2 Å². The Morgan fingerprint density at radius 2 is 1.86 bits per heavy atom. The zero-order valence-corrected chi connectivity index (χ0v) is 12.5. The number of hydrogen-bond donors (Lipinski definition) is 2. The molecule has 0 radical (unpaired) electrons. The summed E-state index contributed by atoms with van der Waals surface area (Å²) in [5.41, 5.74) is 0.684. The minimum absolute atomic E-state index is 0.0539. The van der Waals surface area contributed by atoms with Gasteiger partial charge in [-0.05, 0) is 37.1 Å². The van der Waals surface area contributed by atoms with Crippen molar-refractivity contribution < 1.29 is 14.3 Å². The predicted molar refractivity (Wildman–Crippen MR) is 80.6 cm³/mol. The van der Waals surface area contributed by atoms with Crippen molar-refractivity contribution in [2.45, 2.75) is 18.9 Å². The molecule has 6 nitrogen and oxygen atoms in total. The van der Waals surface area contributed by atoms with Crippen molar-refractivity contribution in [3.05, 3.63) is 29.3 Å². The van der Waals surface area contributed by atoms with Crippen molar-refractivity contribution in [3.63, 3.8) is 0 Å². The molecule has 0 atom stereocenters. The van der Waals surface area contributed by atoms with Gasteiger partial charge in [0, 0.05) is 29.8 Å². The number of ether oxygens (including phenoxy) is 1. The maximum Gasteiger partial charge on any atom is 0.409 e. The summed E-state index contributed by atoms with van der Waals surface area (Å²) < 4.78 is 4.67. The van der Waals surface area contributed by atoms with E-state index in [0.29, 0.717) is 36.6 Å². The van der Waals surface area contributed by atoms with E-state index in [-0.39, 0.29) is 18.2 Å². The second-order valence-electron chi connectivity index (χ2n) is 4.84. The number of rotatable bonds is 2. The molecule has 1 aliphatic rings. The van der Waals surface area contributed by atoms with Gasteiger partial charge in [0.25, 0.3) is 0 Å². The fraction of sp³-hybridized carbons (Fsp3) is 0.429. The lowest BCUT2D eigenvalue weighted by atomic mass is 10.1. The second kappa shape index (κ2) is 7.17. The summed E-state index contributed by atoms with van der Waals surface area (Å²) in [5.74, 6) is 0. The van der Waals surface area contributed by atoms with Crippen LogP contribution < -0.4 is 10.6 Å². The monoisotopic (exact) mass is 311 g/mol. The zero-order valence-electron chi connectivity index (χ0n) is 11.8. The number of nitrogens with one attached hydrogen (secondary N) is 2. The van der Waals surface area contributed by atoms with Gasteiger partial charge < -0.3 is 20.3 Å². The van der Waals surface area contributed by atoms with Crippen LogP contribution in [-0.2, 0) is 4.74 Å². The summed E-state index contributed by atoms with van der Waals surface area (Å²) in [5, 5.41) is 6.27. The van der Waals surface area contributed by atoms with Crippen molar-refractivity contribution in [1.82, 2.24) is 10.2 Å². The summed E-state index contributed by atoms with van der Waals surface area (Å²) in [6.07, 6.45) is 1.10. The van der Waals surface area contributed by atoms with E-state index < -0.39 is 0 Å². The Hall–Kier alpha value is -1.95. The minimum atomic E-state index is -0.320. The molecular formula is C14H18ClN3O3. The predicted octanol–water partition coefficient (Wildman–Crippen LogP) is 2.69. The SMILES string of the molecule is COC(=O)N1CCC(NC(=O)Nc2ccc(Cl)cc2)CC1. The Bertz CT molecular complexity index is 499. The Labute approximate surface area is 128 Å². The van der Waals surface area contributed by atoms with Crippen molar-refractivity contribution in [2.75, 3.05) is 25.5 Å². The van der Waals surface area contributed by atoms with Gasteiger partial charge in [0.2, 0.25) is 0 Å². The van der Waals surface area contributed by atoms with E-state index in [1.807, 2.05) is 0 Å². The van der Waals surface area contributed by atoms with Crippen LogP contribution in [0.2, 0.25) is 5.02 Å². The molecule has 1 aromatic rings. The quantitative estimate of drug-likeness (QED) is 0.882. The van der Waals surface area contributed by atoms with Crippen LogP contribution in [0.15, 0.2) is 24.3 Å². The van der Waals surface area contributed by atoms with Gasteiger partial charge >= 0.3 is 12.1 Å². The van der Waals surface area contributed by atoms with Crippen LogP contribution in [0.5, 0.6) is 0 Å². The van der Waals surface area contributed by atoms with Gasteiger partial charge in [0.1, 0.15) is 0 Å². The van der Waals surface area contributed by atoms with Gasteiger partial charge in [-0.1, -0.05) is 11.6 Å². The van der Waals surface area contributed by atoms with Crippen LogP contribution in [0.1, 0.15) is 12.8 Å². The van der Waals surface area contributed by atoms with Crippen molar-refractivity contribution in [2.24, 2.45) is 0 Å². The molecule has 2 N–H and O–H groups in total. The number of nitrogens with zero attached hydrogens (tertiary/aromatic N) is 1. The summed E-state index contributed by atoms with van der Waals surface area (Å²) in [4.78, 5) is 24.9. The Balaban J connectivity index is 1.76. The molecule has 0 bridgehead atoms. The Morgan fingerprint density at radius 1 is 1.24 bits per heavy atom. The molecule has 1 heterocycles. The van der Waals surface area contributed by atoms with Crippen LogP contribution in [0, 0.1) is 0 Å². The van der Waals surface area contributed by atoms with E-state index in [9.17, 15) is 9.59 Å². The molecule has 3 amide bonds. The highest BCUT2D eigenvalue weighted by atomic mass is 35.5. The van der Waals surface area contributed by atoms with Crippen molar-refractivity contribution in [3.8, 4) is 0 Å². The molecule has 1 saturated heterocycles. The summed E-state index contributed by atoms with van der Waals surface area (Å²) >= 11 is 5.78. The van der Waals surface area contributed by atoms with Gasteiger partial charge in [-0.15, -0.1) is 0 Å². The molecule has 0 saturated carbocycles. The fourth-order valence-corrected chi connectivity index (χ4v) is 2.35. The number of carbonyl (C=O) groups is 2. The number of benzene rings is 1. The van der Waals surface area contributed by atoms with Crippen LogP contribution in [0.25, 0.3) is 0 Å². The molecule has 0 unspecified atom stereocenters. The number of likely N-dealkylation sites (tertiary alicyclic amines) is 1. The third-order valence-electron chi connectivity index (χ3n) is 3.37. The number of hydrogen-bond acceptors (Lipinski definition) is 3. The van der Waals surface area contributed by atoms with Gasteiger partial charge in [0.05, 0.1) is 7.11 Å². The van der Waals surface area contributed by atoms with Gasteiger partial charge in [0.15, 0.2) is 0 Å². The van der Waals surface area contributed by atoms with E-state index in [2.05, 4.69) is 15.4 Å². The maximum absolute atomic E-state index is 11.9. The van der Waals surface area contributed by atoms with Gasteiger partial charge in [-0.2, -0.15) is 0 Å². The van der Waals surface area contributed by atoms with E-state index in [4.69, 9.17) is 11.6 Å². The van der Waals surface area contributed by atoms with Crippen molar-refractivity contribution >= 4 is 29.4 Å². The lowest BCUT2D eigenvalue weighted by molar-refractivity contribution is 0.110. The first kappa shape index (κ1) is 15.4. The summed E-state index contributed by atoms with van der Waals surface area (Å²) in [6.45, 7) is 1.16. The Kier molecular flexibility index (Phi) is 5.27. The van der Waals surface area contributed by atoms with Crippen LogP contribution in [0.4, 0.5) is 15.3 Å². The average Bonchev–Trinajstić information content (AvgIpc) is 2.49. The zero-order chi connectivity index (χ0) is 15.2. The summed E-state index contributed by atoms with van der Waals surface area (Å²) in [6, 6.07) is 6.70. The normalized spacial score (nSPS) is 15.4. The first-order valence-corrected chi connectivity index (χ1v) is 7.12. The second-order valence-corrected chi connectivity index (χ2v) is 5.27. The molecule has 1 aromatic carbocycles. The third kappa shape index (κ3) is 4.53. The number of halogens is 1. The highest BCUT2D eigenvalue weighted by molar-refractivity contribution is 6.30. The molecule has 114 valence electrons. The molecule has 7 heteroatoms. The number of urea groups is 1. The molecule has 1 aliphatic heterocycles. The highest BCUT2D eigenvalue weighted by Gasteiger charge is 2.24. The topological polar surface area (TPSA) is 70.7 Å². The number of amides is 3. The summed E-state index contributed by atoms with van der Waals surface area (Å²) in [7, 11) is 1.37. The highest BCUT2D eigenvalue weighted by Crippen LogP contribution is 2.14. The maximum atomic E-state index is 11.9. The largest absolute Gasteiger partial charge is 0.453 e. The number of carbonyl (C=O) groups excluding carboxylic acids is 2. The number of piperidine rings is 1. The Morgan fingerprint density at radius 3 is 2.43 bits per heavy atom. The molecule has 0 aromatic heterocycles. The molecule has 21 heavy (non-hydrogen) atoms. The van der Waals surface area contributed by atoms with Gasteiger partial charge in [-0.25, -0.2) is 9.59 Å². The van der Waals surface area contributed by atoms with Crippen LogP contribution >= 0.6 is 11.6 Å². The van der Waals surface area contributed by atoms with Gasteiger partial charge in [-0.3, -0.25) is 0 Å². The van der Waals surface area contributed by atoms with E-state index >= 15 is 0 Å². The first-order chi connectivity index (χ1) is 10.1. The van der Waals surface area contributed by atoms with E-state index in [0.717, 1.165) is 0 Å². The minimum Gasteiger partial charge on any atom is -0.453 e. The smallest absolute Gasteiger partial charge is 0.409 e. The van der Waals surface area contributed by atoms with Crippen LogP contribution in [-0.4, -0.2) is 43.3 Å². The fourth-order valence-electron chi connectivity index (χ4n) is 2.22. The molecule has 2 rings (SSSR count). The standard InChI is InChI=1S/C14H18ClN3O3/c1-21-14(20)18-8-6-12(7-9-18)17-13(19)16-11-4-2-10(15)3-5-11/h2-5,12H,6-9H2,1H3,(H2,16,17,19). The molecular weight excluding hydrogens is 294 g/mol. The average molecular weight is 312 g/mol. The van der Waals surface area contributed by atoms with Crippen LogP contribution in [0.3, 0.4) is 0 Å². The molecule has 0 aliphatic carbocycles.